The van der Waals surface area contributed by atoms with Gasteiger partial charge in [0.15, 0.2) is 0 Å². The maximum atomic E-state index is 11.4. The van der Waals surface area contributed by atoms with Gasteiger partial charge in [0, 0.05) is 0 Å². The lowest BCUT2D eigenvalue weighted by molar-refractivity contribution is -0.124. The van der Waals surface area contributed by atoms with E-state index in [0.717, 1.165) is 0 Å². The Morgan fingerprint density at radius 2 is 2.14 bits per heavy atom. The molecule has 0 aromatic carbocycles. The van der Waals surface area contributed by atoms with Crippen molar-refractivity contribution in [1.82, 2.24) is 5.32 Å². The summed E-state index contributed by atoms with van der Waals surface area (Å²) in [6, 6.07) is 1.67. The van der Waals surface area contributed by atoms with Crippen LogP contribution in [-0.2, 0) is 4.79 Å². The summed E-state index contributed by atoms with van der Waals surface area (Å²) in [5, 5.41) is 20.3. The van der Waals surface area contributed by atoms with E-state index < -0.39 is 5.92 Å². The molecule has 0 rings (SSSR count). The van der Waals surface area contributed by atoms with E-state index in [-0.39, 0.29) is 24.5 Å². The SMILES string of the molecule is CCC(C#N)C(=O)NC(CO)C(C)C. The van der Waals surface area contributed by atoms with Crippen LogP contribution < -0.4 is 5.32 Å². The van der Waals surface area contributed by atoms with Crippen molar-refractivity contribution in [1.29, 1.82) is 5.26 Å². The minimum atomic E-state index is -0.609. The van der Waals surface area contributed by atoms with Crippen LogP contribution in [0.4, 0.5) is 0 Å². The molecule has 0 aromatic rings. The fourth-order valence-corrected chi connectivity index (χ4v) is 1.04. The maximum Gasteiger partial charge on any atom is 0.237 e. The average Bonchev–Trinajstić information content (AvgIpc) is 2.15. The summed E-state index contributed by atoms with van der Waals surface area (Å²) in [4.78, 5) is 11.4. The van der Waals surface area contributed by atoms with Crippen LogP contribution in [-0.4, -0.2) is 23.7 Å². The van der Waals surface area contributed by atoms with Crippen molar-refractivity contribution in [3.8, 4) is 6.07 Å². The van der Waals surface area contributed by atoms with Crippen LogP contribution in [0.5, 0.6) is 0 Å². The molecule has 80 valence electrons. The molecular formula is C10H18N2O2. The van der Waals surface area contributed by atoms with Gasteiger partial charge in [0.1, 0.15) is 5.92 Å². The summed E-state index contributed by atoms with van der Waals surface area (Å²) < 4.78 is 0. The Balaban J connectivity index is 4.22. The number of nitrogens with zero attached hydrogens (tertiary/aromatic N) is 1. The first-order valence-electron chi connectivity index (χ1n) is 4.87. The van der Waals surface area contributed by atoms with Gasteiger partial charge < -0.3 is 10.4 Å². The molecule has 1 amide bonds. The molecule has 2 atom stereocenters. The molecular weight excluding hydrogens is 180 g/mol. The number of carbonyl (C=O) groups is 1. The van der Waals surface area contributed by atoms with E-state index in [1.807, 2.05) is 19.9 Å². The molecule has 0 aliphatic heterocycles. The van der Waals surface area contributed by atoms with Crippen molar-refractivity contribution in [2.24, 2.45) is 11.8 Å². The Morgan fingerprint density at radius 1 is 1.57 bits per heavy atom. The van der Waals surface area contributed by atoms with Gasteiger partial charge in [-0.25, -0.2) is 0 Å². The Kier molecular flexibility index (Phi) is 5.89. The van der Waals surface area contributed by atoms with Gasteiger partial charge in [-0.3, -0.25) is 4.79 Å². The molecule has 0 fully saturated rings. The van der Waals surface area contributed by atoms with Crippen molar-refractivity contribution in [3.05, 3.63) is 0 Å². The summed E-state index contributed by atoms with van der Waals surface area (Å²) in [5.74, 6) is -0.731. The summed E-state index contributed by atoms with van der Waals surface area (Å²) in [6.07, 6.45) is 0.499. The van der Waals surface area contributed by atoms with Crippen LogP contribution in [0.1, 0.15) is 27.2 Å². The van der Waals surface area contributed by atoms with E-state index in [4.69, 9.17) is 10.4 Å². The number of nitrogens with one attached hydrogen (secondary N) is 1. The zero-order chi connectivity index (χ0) is 11.1. The van der Waals surface area contributed by atoms with Gasteiger partial charge >= 0.3 is 0 Å². The number of nitriles is 1. The van der Waals surface area contributed by atoms with Crippen molar-refractivity contribution < 1.29 is 9.90 Å². The minimum Gasteiger partial charge on any atom is -0.394 e. The topological polar surface area (TPSA) is 73.1 Å². The molecule has 0 bridgehead atoms. The second-order valence-electron chi connectivity index (χ2n) is 3.63. The van der Waals surface area contributed by atoms with Crippen LogP contribution in [0.25, 0.3) is 0 Å². The molecule has 0 aliphatic carbocycles. The highest BCUT2D eigenvalue weighted by atomic mass is 16.3. The Bertz CT molecular complexity index is 221. The number of amides is 1. The van der Waals surface area contributed by atoms with Gasteiger partial charge in [0.05, 0.1) is 18.7 Å². The highest BCUT2D eigenvalue weighted by Crippen LogP contribution is 2.05. The number of rotatable bonds is 5. The van der Waals surface area contributed by atoms with Gasteiger partial charge in [-0.2, -0.15) is 5.26 Å². The third kappa shape index (κ3) is 3.75. The highest BCUT2D eigenvalue weighted by Gasteiger charge is 2.20. The van der Waals surface area contributed by atoms with E-state index in [2.05, 4.69) is 5.32 Å². The molecule has 2 N–H and O–H groups in total. The lowest BCUT2D eigenvalue weighted by Crippen LogP contribution is -2.43. The fourth-order valence-electron chi connectivity index (χ4n) is 1.04. The molecule has 0 saturated heterocycles. The van der Waals surface area contributed by atoms with E-state index in [1.54, 1.807) is 6.92 Å². The van der Waals surface area contributed by atoms with Crippen LogP contribution in [0.15, 0.2) is 0 Å². The first kappa shape index (κ1) is 12.9. The van der Waals surface area contributed by atoms with Crippen molar-refractivity contribution >= 4 is 5.91 Å². The fraction of sp³-hybridized carbons (Fsp3) is 0.800. The number of hydrogen-bond acceptors (Lipinski definition) is 3. The summed E-state index contributed by atoms with van der Waals surface area (Å²) in [5.41, 5.74) is 0. The zero-order valence-corrected chi connectivity index (χ0v) is 8.95. The molecule has 0 radical (unpaired) electrons. The molecule has 0 saturated carbocycles. The molecule has 14 heavy (non-hydrogen) atoms. The van der Waals surface area contributed by atoms with Crippen LogP contribution in [0.2, 0.25) is 0 Å². The number of hydrogen-bond donors (Lipinski definition) is 2. The summed E-state index contributed by atoms with van der Waals surface area (Å²) in [6.45, 7) is 5.52. The number of aliphatic hydroxyl groups is 1. The Hall–Kier alpha value is -1.08. The molecule has 0 aliphatic rings. The van der Waals surface area contributed by atoms with Gasteiger partial charge in [0.2, 0.25) is 5.91 Å². The van der Waals surface area contributed by atoms with Crippen molar-refractivity contribution in [3.63, 3.8) is 0 Å². The van der Waals surface area contributed by atoms with Gasteiger partial charge in [-0.1, -0.05) is 20.8 Å². The third-order valence-electron chi connectivity index (χ3n) is 2.21. The van der Waals surface area contributed by atoms with E-state index in [0.29, 0.717) is 6.42 Å². The number of carbonyl (C=O) groups excluding carboxylic acids is 1. The van der Waals surface area contributed by atoms with E-state index in [9.17, 15) is 4.79 Å². The minimum absolute atomic E-state index is 0.0920. The standard InChI is InChI=1S/C10H18N2O2/c1-4-8(5-11)10(14)12-9(6-13)7(2)3/h7-9,13H,4,6H2,1-3H3,(H,12,14). The second kappa shape index (κ2) is 6.39. The molecule has 0 spiro atoms. The van der Waals surface area contributed by atoms with Crippen molar-refractivity contribution in [2.45, 2.75) is 33.2 Å². The van der Waals surface area contributed by atoms with Gasteiger partial charge in [-0.05, 0) is 12.3 Å². The van der Waals surface area contributed by atoms with E-state index in [1.165, 1.54) is 0 Å². The second-order valence-corrected chi connectivity index (χ2v) is 3.63. The molecule has 0 aromatic heterocycles. The highest BCUT2D eigenvalue weighted by molar-refractivity contribution is 5.81. The predicted octanol–water partition coefficient (Wildman–Crippen LogP) is 0.669. The predicted molar refractivity (Wildman–Crippen MR) is 53.2 cm³/mol. The van der Waals surface area contributed by atoms with Crippen LogP contribution in [0, 0.1) is 23.2 Å². The summed E-state index contributed by atoms with van der Waals surface area (Å²) >= 11 is 0. The summed E-state index contributed by atoms with van der Waals surface area (Å²) in [7, 11) is 0. The van der Waals surface area contributed by atoms with Gasteiger partial charge in [-0.15, -0.1) is 0 Å². The first-order valence-corrected chi connectivity index (χ1v) is 4.87. The van der Waals surface area contributed by atoms with Crippen molar-refractivity contribution in [2.75, 3.05) is 6.61 Å². The number of aliphatic hydroxyl groups excluding tert-OH is 1. The van der Waals surface area contributed by atoms with Crippen LogP contribution in [0.3, 0.4) is 0 Å². The van der Waals surface area contributed by atoms with E-state index >= 15 is 0 Å². The quantitative estimate of drug-likeness (QED) is 0.682. The first-order chi connectivity index (χ1) is 6.56. The Labute approximate surface area is 84.9 Å². The molecule has 4 heteroatoms. The van der Waals surface area contributed by atoms with Crippen LogP contribution >= 0.6 is 0 Å². The van der Waals surface area contributed by atoms with Gasteiger partial charge in [0.25, 0.3) is 0 Å². The molecule has 4 nitrogen and oxygen atoms in total. The molecule has 2 unspecified atom stereocenters. The molecule has 0 heterocycles. The lowest BCUT2D eigenvalue weighted by Gasteiger charge is -2.20. The Morgan fingerprint density at radius 3 is 2.43 bits per heavy atom. The average molecular weight is 198 g/mol. The normalized spacial score (nSPS) is 14.6. The largest absolute Gasteiger partial charge is 0.394 e. The third-order valence-corrected chi connectivity index (χ3v) is 2.21. The lowest BCUT2D eigenvalue weighted by atomic mass is 10.0. The zero-order valence-electron chi connectivity index (χ0n) is 8.95. The monoisotopic (exact) mass is 198 g/mol. The smallest absolute Gasteiger partial charge is 0.237 e. The maximum absolute atomic E-state index is 11.4.